The van der Waals surface area contributed by atoms with Gasteiger partial charge in [-0.05, 0) is 84.7 Å². The first-order valence-electron chi connectivity index (χ1n) is 10.6. The van der Waals surface area contributed by atoms with Crippen LogP contribution < -0.4 is 0 Å². The highest BCUT2D eigenvalue weighted by atomic mass is 127. The van der Waals surface area contributed by atoms with E-state index in [2.05, 4.69) is 33.8 Å². The molecular formula is C21H24ClIN4O3. The molecule has 7 nitrogen and oxygen atoms in total. The van der Waals surface area contributed by atoms with Crippen LogP contribution in [0.3, 0.4) is 0 Å². The molecular weight excluding hydrogens is 519 g/mol. The molecule has 9 heteroatoms. The Hall–Kier alpha value is -1.39. The highest BCUT2D eigenvalue weighted by Gasteiger charge is 2.35. The number of aromatic nitrogens is 2. The predicted octanol–water partition coefficient (Wildman–Crippen LogP) is 3.06. The van der Waals surface area contributed by atoms with Gasteiger partial charge >= 0.3 is 0 Å². The number of nitrogens with zero attached hydrogens (tertiary/aromatic N) is 4. The molecule has 5 rings (SSSR count). The Kier molecular flexibility index (Phi) is 5.43. The normalized spacial score (nSPS) is 25.2. The van der Waals surface area contributed by atoms with Crippen LogP contribution in [-0.2, 0) is 4.79 Å². The van der Waals surface area contributed by atoms with E-state index in [1.54, 1.807) is 9.42 Å². The minimum atomic E-state index is -0.292. The zero-order chi connectivity index (χ0) is 21.0. The van der Waals surface area contributed by atoms with Crippen molar-refractivity contribution in [3.8, 4) is 0 Å². The number of halogens is 2. The number of piperazine rings is 1. The molecule has 0 bridgehead atoms. The van der Waals surface area contributed by atoms with Gasteiger partial charge in [0.1, 0.15) is 10.2 Å². The molecule has 2 aromatic rings. The molecule has 0 radical (unpaired) electrons. The molecule has 1 saturated heterocycles. The van der Waals surface area contributed by atoms with Crippen LogP contribution in [0.4, 0.5) is 0 Å². The smallest absolute Gasteiger partial charge is 0.276 e. The molecule has 0 aromatic carbocycles. The van der Waals surface area contributed by atoms with Crippen molar-refractivity contribution in [2.45, 2.75) is 56.6 Å². The summed E-state index contributed by atoms with van der Waals surface area (Å²) in [5.74, 6) is 0.251. The molecule has 3 heterocycles. The number of hydrogen-bond donors (Lipinski definition) is 1. The van der Waals surface area contributed by atoms with Gasteiger partial charge in [-0.1, -0.05) is 11.6 Å². The van der Waals surface area contributed by atoms with E-state index in [1.165, 1.54) is 18.4 Å². The third-order valence-electron chi connectivity index (χ3n) is 6.56. The summed E-state index contributed by atoms with van der Waals surface area (Å²) in [4.78, 5) is 29.4. The van der Waals surface area contributed by atoms with Crippen molar-refractivity contribution < 1.29 is 14.7 Å². The average molecular weight is 543 g/mol. The zero-order valence-corrected chi connectivity index (χ0v) is 19.5. The van der Waals surface area contributed by atoms with E-state index in [9.17, 15) is 14.7 Å². The lowest BCUT2D eigenvalue weighted by atomic mass is 9.91. The molecule has 160 valence electrons. The second-order valence-electron chi connectivity index (χ2n) is 8.62. The Bertz CT molecular complexity index is 1010. The lowest BCUT2D eigenvalue weighted by Gasteiger charge is -2.41. The molecule has 0 spiro atoms. The lowest BCUT2D eigenvalue weighted by molar-refractivity contribution is -0.138. The van der Waals surface area contributed by atoms with Gasteiger partial charge in [-0.15, -0.1) is 0 Å². The van der Waals surface area contributed by atoms with Gasteiger partial charge in [-0.2, -0.15) is 5.10 Å². The van der Waals surface area contributed by atoms with Gasteiger partial charge in [0.15, 0.2) is 5.69 Å². The maximum absolute atomic E-state index is 13.2. The van der Waals surface area contributed by atoms with Gasteiger partial charge in [0.05, 0.1) is 16.6 Å². The number of pyridine rings is 1. The Morgan fingerprint density at radius 2 is 1.87 bits per heavy atom. The van der Waals surface area contributed by atoms with Gasteiger partial charge in [0.25, 0.3) is 5.91 Å². The van der Waals surface area contributed by atoms with E-state index < -0.39 is 0 Å². The largest absolute Gasteiger partial charge is 0.393 e. The van der Waals surface area contributed by atoms with Crippen LogP contribution in [0.1, 0.15) is 60.5 Å². The summed E-state index contributed by atoms with van der Waals surface area (Å²) in [6.07, 6.45) is 5.23. The molecule has 30 heavy (non-hydrogen) atoms. The second-order valence-corrected chi connectivity index (χ2v) is 10.1. The SMILES string of the molecule is O=C(c1nn2c(I)cc(C3CC3)cc2c1Cl)N1CCN([C@H]2CC[C@H](O)CC2)C(=O)C1. The summed E-state index contributed by atoms with van der Waals surface area (Å²) in [6, 6.07) is 4.30. The number of carbonyl (C=O) groups is 2. The summed E-state index contributed by atoms with van der Waals surface area (Å²) in [7, 11) is 0. The fourth-order valence-electron chi connectivity index (χ4n) is 4.65. The predicted molar refractivity (Wildman–Crippen MR) is 121 cm³/mol. The number of hydrogen-bond acceptors (Lipinski definition) is 4. The molecule has 3 aliphatic rings. The van der Waals surface area contributed by atoms with Crippen LogP contribution in [0.2, 0.25) is 5.02 Å². The van der Waals surface area contributed by atoms with Crippen LogP contribution in [0.25, 0.3) is 5.52 Å². The van der Waals surface area contributed by atoms with E-state index in [0.29, 0.717) is 24.0 Å². The van der Waals surface area contributed by atoms with Gasteiger partial charge in [-0.3, -0.25) is 9.59 Å². The molecule has 0 atom stereocenters. The summed E-state index contributed by atoms with van der Waals surface area (Å²) < 4.78 is 2.64. The number of fused-ring (bicyclic) bond motifs is 1. The van der Waals surface area contributed by atoms with Crippen LogP contribution in [-0.4, -0.2) is 68.1 Å². The summed E-state index contributed by atoms with van der Waals surface area (Å²) in [6.45, 7) is 1.03. The van der Waals surface area contributed by atoms with Gasteiger partial charge in [0.2, 0.25) is 5.91 Å². The molecule has 0 unspecified atom stereocenters. The number of amides is 2. The number of aliphatic hydroxyl groups is 1. The Morgan fingerprint density at radius 3 is 2.53 bits per heavy atom. The Morgan fingerprint density at radius 1 is 1.13 bits per heavy atom. The van der Waals surface area contributed by atoms with Gasteiger partial charge in [-0.25, -0.2) is 4.52 Å². The fraction of sp³-hybridized carbons (Fsp3) is 0.571. The molecule has 3 fully saturated rings. The topological polar surface area (TPSA) is 78.2 Å². The van der Waals surface area contributed by atoms with Crippen molar-refractivity contribution in [2.75, 3.05) is 19.6 Å². The molecule has 2 aliphatic carbocycles. The molecule has 2 aromatic heterocycles. The maximum Gasteiger partial charge on any atom is 0.276 e. The van der Waals surface area contributed by atoms with E-state index in [0.717, 1.165) is 34.9 Å². The van der Waals surface area contributed by atoms with E-state index in [-0.39, 0.29) is 36.2 Å². The number of aliphatic hydroxyl groups excluding tert-OH is 1. The summed E-state index contributed by atoms with van der Waals surface area (Å²) in [5, 5.41) is 14.6. The highest BCUT2D eigenvalue weighted by Crippen LogP contribution is 2.41. The van der Waals surface area contributed by atoms with E-state index >= 15 is 0 Å². The molecule has 1 N–H and O–H groups in total. The van der Waals surface area contributed by atoms with E-state index in [4.69, 9.17) is 11.6 Å². The van der Waals surface area contributed by atoms with Crippen molar-refractivity contribution in [3.05, 3.63) is 32.1 Å². The zero-order valence-electron chi connectivity index (χ0n) is 16.6. The molecule has 2 saturated carbocycles. The van der Waals surface area contributed by atoms with E-state index in [1.807, 2.05) is 11.0 Å². The van der Waals surface area contributed by atoms with Crippen molar-refractivity contribution in [1.29, 1.82) is 0 Å². The van der Waals surface area contributed by atoms with Crippen molar-refractivity contribution in [2.24, 2.45) is 0 Å². The van der Waals surface area contributed by atoms with Gasteiger partial charge in [0, 0.05) is 19.1 Å². The lowest BCUT2D eigenvalue weighted by Crippen LogP contribution is -2.56. The first-order valence-corrected chi connectivity index (χ1v) is 12.0. The number of rotatable bonds is 3. The minimum Gasteiger partial charge on any atom is -0.393 e. The fourth-order valence-corrected chi connectivity index (χ4v) is 5.63. The minimum absolute atomic E-state index is 0.0403. The van der Waals surface area contributed by atoms with Crippen LogP contribution in [0.15, 0.2) is 12.1 Å². The second kappa shape index (κ2) is 7.94. The Balaban J connectivity index is 1.34. The van der Waals surface area contributed by atoms with Crippen molar-refractivity contribution in [3.63, 3.8) is 0 Å². The van der Waals surface area contributed by atoms with Gasteiger partial charge < -0.3 is 14.9 Å². The van der Waals surface area contributed by atoms with Crippen molar-refractivity contribution in [1.82, 2.24) is 19.4 Å². The van der Waals surface area contributed by atoms with Crippen LogP contribution in [0, 0.1) is 3.70 Å². The monoisotopic (exact) mass is 542 g/mol. The standard InChI is InChI=1S/C21H24ClIN4O3/c22-19-16-9-13(12-1-2-12)10-17(23)27(16)24-20(19)21(30)25-7-8-26(18(29)11-25)14-3-5-15(28)6-4-14/h9-10,12,14-15,28H,1-8,11H2/t14-,15-. The third-order valence-corrected chi connectivity index (χ3v) is 7.70. The van der Waals surface area contributed by atoms with Crippen LogP contribution >= 0.6 is 34.2 Å². The quantitative estimate of drug-likeness (QED) is 0.478. The maximum atomic E-state index is 13.2. The first kappa shape index (κ1) is 20.5. The van der Waals surface area contributed by atoms with Crippen LogP contribution in [0.5, 0.6) is 0 Å². The third kappa shape index (κ3) is 3.71. The summed E-state index contributed by atoms with van der Waals surface area (Å²) >= 11 is 8.81. The van der Waals surface area contributed by atoms with Crippen molar-refractivity contribution >= 4 is 51.5 Å². The average Bonchev–Trinajstić information content (AvgIpc) is 3.53. The molecule has 2 amide bonds. The first-order chi connectivity index (χ1) is 14.4. The molecule has 1 aliphatic heterocycles. The number of carbonyl (C=O) groups excluding carboxylic acids is 2. The Labute approximate surface area is 193 Å². The highest BCUT2D eigenvalue weighted by molar-refractivity contribution is 14.1. The summed E-state index contributed by atoms with van der Waals surface area (Å²) in [5.41, 5.74) is 2.21.